The zero-order chi connectivity index (χ0) is 22.7. The van der Waals surface area contributed by atoms with Gasteiger partial charge in [-0.3, -0.25) is 9.59 Å². The van der Waals surface area contributed by atoms with E-state index in [0.717, 1.165) is 24.5 Å². The third-order valence-electron chi connectivity index (χ3n) is 5.53. The molecule has 1 aliphatic rings. The molecular weight excluding hydrogens is 449 g/mol. The molecular formula is C23H23Cl2N5O2. The SMILES string of the molecule is Cc1c(C(=O)NCC(=O)N2CCN(c3ccc(Cl)cc3)CC2)cnn1-c1cccc(Cl)c1. The van der Waals surface area contributed by atoms with Crippen LogP contribution in [0, 0.1) is 6.92 Å². The topological polar surface area (TPSA) is 70.5 Å². The maximum absolute atomic E-state index is 12.6. The van der Waals surface area contributed by atoms with Crippen molar-refractivity contribution in [3.05, 3.63) is 76.0 Å². The largest absolute Gasteiger partial charge is 0.368 e. The van der Waals surface area contributed by atoms with Crippen molar-refractivity contribution in [2.75, 3.05) is 37.6 Å². The first-order valence-electron chi connectivity index (χ1n) is 10.3. The molecule has 166 valence electrons. The van der Waals surface area contributed by atoms with E-state index in [1.807, 2.05) is 36.4 Å². The standard InChI is InChI=1S/C23H23Cl2N5O2/c1-16-21(14-27-30(16)20-4-2-3-18(25)13-20)23(32)26-15-22(31)29-11-9-28(10-12-29)19-7-5-17(24)6-8-19/h2-8,13-14H,9-12,15H2,1H3,(H,26,32). The number of amides is 2. The Balaban J connectivity index is 1.31. The van der Waals surface area contributed by atoms with Crippen LogP contribution < -0.4 is 10.2 Å². The minimum Gasteiger partial charge on any atom is -0.368 e. The molecule has 0 radical (unpaired) electrons. The highest BCUT2D eigenvalue weighted by atomic mass is 35.5. The summed E-state index contributed by atoms with van der Waals surface area (Å²) in [7, 11) is 0. The fraction of sp³-hybridized carbons (Fsp3) is 0.261. The molecule has 3 aromatic rings. The lowest BCUT2D eigenvalue weighted by Crippen LogP contribution is -2.51. The molecule has 0 bridgehead atoms. The lowest BCUT2D eigenvalue weighted by atomic mass is 10.2. The van der Waals surface area contributed by atoms with Gasteiger partial charge >= 0.3 is 0 Å². The third kappa shape index (κ3) is 4.89. The summed E-state index contributed by atoms with van der Waals surface area (Å²) in [6, 6.07) is 14.9. The Labute approximate surface area is 196 Å². The maximum atomic E-state index is 12.6. The van der Waals surface area contributed by atoms with Crippen LogP contribution in [0.1, 0.15) is 16.1 Å². The number of benzene rings is 2. The van der Waals surface area contributed by atoms with E-state index in [4.69, 9.17) is 23.2 Å². The van der Waals surface area contributed by atoms with Crippen molar-refractivity contribution in [2.45, 2.75) is 6.92 Å². The first kappa shape index (κ1) is 22.2. The molecule has 1 saturated heterocycles. The van der Waals surface area contributed by atoms with Gasteiger partial charge in [-0.15, -0.1) is 0 Å². The molecule has 0 unspecified atom stereocenters. The van der Waals surface area contributed by atoms with Crippen LogP contribution in [0.15, 0.2) is 54.7 Å². The highest BCUT2D eigenvalue weighted by molar-refractivity contribution is 6.31. The molecule has 0 aliphatic carbocycles. The molecule has 2 amide bonds. The van der Waals surface area contributed by atoms with Crippen molar-refractivity contribution < 1.29 is 9.59 Å². The average molecular weight is 472 g/mol. The number of piperazine rings is 1. The molecule has 4 rings (SSSR count). The molecule has 0 saturated carbocycles. The van der Waals surface area contributed by atoms with Gasteiger partial charge in [0, 0.05) is 41.9 Å². The summed E-state index contributed by atoms with van der Waals surface area (Å²) in [6.07, 6.45) is 1.50. The number of hydrogen-bond acceptors (Lipinski definition) is 4. The molecule has 1 aromatic heterocycles. The Bertz CT molecular complexity index is 1120. The van der Waals surface area contributed by atoms with Gasteiger partial charge in [0.05, 0.1) is 29.7 Å². The minimum atomic E-state index is -0.330. The van der Waals surface area contributed by atoms with E-state index >= 15 is 0 Å². The Kier molecular flexibility index (Phi) is 6.67. The molecule has 2 heterocycles. The summed E-state index contributed by atoms with van der Waals surface area (Å²) in [5, 5.41) is 8.31. The lowest BCUT2D eigenvalue weighted by Gasteiger charge is -2.36. The predicted octanol–water partition coefficient (Wildman–Crippen LogP) is 3.57. The van der Waals surface area contributed by atoms with Gasteiger partial charge in [-0.2, -0.15) is 5.10 Å². The molecule has 1 N–H and O–H groups in total. The van der Waals surface area contributed by atoms with E-state index in [-0.39, 0.29) is 18.4 Å². The van der Waals surface area contributed by atoms with Crippen LogP contribution in [0.5, 0.6) is 0 Å². The van der Waals surface area contributed by atoms with Gasteiger partial charge in [-0.1, -0.05) is 29.3 Å². The highest BCUT2D eigenvalue weighted by Crippen LogP contribution is 2.20. The fourth-order valence-corrected chi connectivity index (χ4v) is 4.04. The zero-order valence-corrected chi connectivity index (χ0v) is 19.1. The number of aromatic nitrogens is 2. The van der Waals surface area contributed by atoms with Crippen LogP contribution in [0.4, 0.5) is 5.69 Å². The fourth-order valence-electron chi connectivity index (χ4n) is 3.73. The summed E-state index contributed by atoms with van der Waals surface area (Å²) in [6.45, 7) is 4.41. The number of carbonyl (C=O) groups is 2. The molecule has 0 atom stereocenters. The van der Waals surface area contributed by atoms with E-state index in [1.165, 1.54) is 6.20 Å². The summed E-state index contributed by atoms with van der Waals surface area (Å²) in [4.78, 5) is 29.2. The van der Waals surface area contributed by atoms with Crippen LogP contribution in [0.3, 0.4) is 0 Å². The number of nitrogens with zero attached hydrogens (tertiary/aromatic N) is 4. The number of hydrogen-bond donors (Lipinski definition) is 1. The first-order valence-corrected chi connectivity index (χ1v) is 11.0. The smallest absolute Gasteiger partial charge is 0.255 e. The van der Waals surface area contributed by atoms with Gasteiger partial charge in [0.2, 0.25) is 5.91 Å². The molecule has 2 aromatic carbocycles. The molecule has 1 aliphatic heterocycles. The van der Waals surface area contributed by atoms with Crippen molar-refractivity contribution in [3.63, 3.8) is 0 Å². The van der Waals surface area contributed by atoms with E-state index in [0.29, 0.717) is 34.4 Å². The Morgan fingerprint density at radius 3 is 2.38 bits per heavy atom. The summed E-state index contributed by atoms with van der Waals surface area (Å²) >= 11 is 12.0. The van der Waals surface area contributed by atoms with Gasteiger partial charge < -0.3 is 15.1 Å². The zero-order valence-electron chi connectivity index (χ0n) is 17.6. The van der Waals surface area contributed by atoms with Crippen LogP contribution in [0.25, 0.3) is 5.69 Å². The summed E-state index contributed by atoms with van der Waals surface area (Å²) in [5.74, 6) is -0.432. The normalized spacial score (nSPS) is 13.8. The van der Waals surface area contributed by atoms with Crippen molar-refractivity contribution in [2.24, 2.45) is 0 Å². The van der Waals surface area contributed by atoms with E-state index in [9.17, 15) is 9.59 Å². The van der Waals surface area contributed by atoms with Crippen molar-refractivity contribution >= 4 is 40.7 Å². The van der Waals surface area contributed by atoms with Crippen LogP contribution >= 0.6 is 23.2 Å². The number of nitrogens with one attached hydrogen (secondary N) is 1. The molecule has 9 heteroatoms. The Morgan fingerprint density at radius 1 is 0.969 bits per heavy atom. The third-order valence-corrected chi connectivity index (χ3v) is 6.02. The monoisotopic (exact) mass is 471 g/mol. The maximum Gasteiger partial charge on any atom is 0.255 e. The number of carbonyl (C=O) groups excluding carboxylic acids is 2. The molecule has 0 spiro atoms. The lowest BCUT2D eigenvalue weighted by molar-refractivity contribution is -0.130. The number of rotatable bonds is 5. The van der Waals surface area contributed by atoms with E-state index in [2.05, 4.69) is 15.3 Å². The van der Waals surface area contributed by atoms with Crippen molar-refractivity contribution in [1.82, 2.24) is 20.0 Å². The van der Waals surface area contributed by atoms with Crippen LogP contribution in [0.2, 0.25) is 10.0 Å². The second kappa shape index (κ2) is 9.63. The van der Waals surface area contributed by atoms with Crippen LogP contribution in [-0.2, 0) is 4.79 Å². The van der Waals surface area contributed by atoms with Gasteiger partial charge in [0.15, 0.2) is 0 Å². The number of halogens is 2. The quantitative estimate of drug-likeness (QED) is 0.617. The average Bonchev–Trinajstić information content (AvgIpc) is 3.19. The highest BCUT2D eigenvalue weighted by Gasteiger charge is 2.22. The van der Waals surface area contributed by atoms with Crippen molar-refractivity contribution in [1.29, 1.82) is 0 Å². The van der Waals surface area contributed by atoms with Crippen molar-refractivity contribution in [3.8, 4) is 5.69 Å². The van der Waals surface area contributed by atoms with E-state index < -0.39 is 0 Å². The second-order valence-corrected chi connectivity index (χ2v) is 8.44. The van der Waals surface area contributed by atoms with Gasteiger partial charge in [-0.25, -0.2) is 4.68 Å². The summed E-state index contributed by atoms with van der Waals surface area (Å²) in [5.41, 5.74) is 2.95. The second-order valence-electron chi connectivity index (χ2n) is 7.56. The molecule has 32 heavy (non-hydrogen) atoms. The predicted molar refractivity (Wildman–Crippen MR) is 126 cm³/mol. The van der Waals surface area contributed by atoms with Gasteiger partial charge in [0.1, 0.15) is 0 Å². The number of anilines is 1. The molecule has 1 fully saturated rings. The van der Waals surface area contributed by atoms with E-state index in [1.54, 1.807) is 28.6 Å². The minimum absolute atomic E-state index is 0.0540. The van der Waals surface area contributed by atoms with Gasteiger partial charge in [-0.05, 0) is 49.4 Å². The van der Waals surface area contributed by atoms with Crippen LogP contribution in [-0.4, -0.2) is 59.2 Å². The Morgan fingerprint density at radius 2 is 1.69 bits per heavy atom. The summed E-state index contributed by atoms with van der Waals surface area (Å²) < 4.78 is 1.65. The Hall–Kier alpha value is -3.03. The van der Waals surface area contributed by atoms with Gasteiger partial charge in [0.25, 0.3) is 5.91 Å². The molecule has 7 nitrogen and oxygen atoms in total. The first-order chi connectivity index (χ1) is 15.4.